The van der Waals surface area contributed by atoms with Crippen LogP contribution < -0.4 is 30.7 Å². The number of piperidine rings is 1. The lowest BCUT2D eigenvalue weighted by Gasteiger charge is -2.41. The highest BCUT2D eigenvalue weighted by Gasteiger charge is 2.38. The van der Waals surface area contributed by atoms with Gasteiger partial charge in [0.05, 0.1) is 42.4 Å². The van der Waals surface area contributed by atoms with Crippen LogP contribution in [0, 0.1) is 5.82 Å². The van der Waals surface area contributed by atoms with E-state index in [1.54, 1.807) is 19.2 Å². The third-order valence-electron chi connectivity index (χ3n) is 8.97. The third-order valence-corrected chi connectivity index (χ3v) is 8.97. The Balaban J connectivity index is 1.25. The number of anilines is 5. The van der Waals surface area contributed by atoms with Crippen molar-refractivity contribution in [2.24, 2.45) is 0 Å². The predicted octanol–water partition coefficient (Wildman–Crippen LogP) is 5.27. The quantitative estimate of drug-likeness (QED) is 0.206. The maximum atomic E-state index is 15.1. The van der Waals surface area contributed by atoms with Crippen LogP contribution in [0.25, 0.3) is 0 Å². The molecule has 0 radical (unpaired) electrons. The number of carbonyl (C=O) groups excluding carboxylic acids is 1. The molecule has 1 atom stereocenters. The summed E-state index contributed by atoms with van der Waals surface area (Å²) in [5.41, 5.74) is 0.374. The van der Waals surface area contributed by atoms with Crippen LogP contribution in [0.4, 0.5) is 46.3 Å². The predicted molar refractivity (Wildman–Crippen MR) is 174 cm³/mol. The number of hydrogen-bond acceptors (Lipinski definition) is 10. The highest BCUT2D eigenvalue weighted by molar-refractivity contribution is 6.02. The Kier molecular flexibility index (Phi) is 9.99. The standard InChI is InChI=1S/C33H38F4N8O3/c1-3-31(46)42-24-17-25(28(47-2)18-27(24)44-12-7-21(8-13-44)43-14-10-38-11-15-43)41-29-19-30(40-20-39-29)45-26(9-16-48-45)22-5-4-6-23(32(22)34)33(35,36)37/h3-6,17-21,26,38H,1,7-16H2,2H3,(H,42,46)(H,39,40,41)/t26-/m1/s1. The maximum Gasteiger partial charge on any atom is 0.419 e. The molecule has 48 heavy (non-hydrogen) atoms. The molecule has 3 saturated heterocycles. The largest absolute Gasteiger partial charge is 0.494 e. The van der Waals surface area contributed by atoms with Crippen LogP contribution in [0.15, 0.2) is 55.4 Å². The summed E-state index contributed by atoms with van der Waals surface area (Å²) in [7, 11) is 1.54. The summed E-state index contributed by atoms with van der Waals surface area (Å²) in [6.07, 6.45) is -0.137. The number of aromatic nitrogens is 2. The topological polar surface area (TPSA) is 107 Å². The molecule has 256 valence electrons. The molecule has 1 aromatic heterocycles. The first-order valence-corrected chi connectivity index (χ1v) is 15.9. The minimum atomic E-state index is -4.84. The summed E-state index contributed by atoms with van der Waals surface area (Å²) in [4.78, 5) is 31.6. The highest BCUT2D eigenvalue weighted by atomic mass is 19.4. The van der Waals surface area contributed by atoms with Crippen molar-refractivity contribution in [3.8, 4) is 5.75 Å². The average molecular weight is 671 g/mol. The summed E-state index contributed by atoms with van der Waals surface area (Å²) in [5, 5.41) is 10.8. The van der Waals surface area contributed by atoms with Crippen molar-refractivity contribution >= 4 is 34.6 Å². The van der Waals surface area contributed by atoms with Crippen LogP contribution in [0.1, 0.15) is 36.4 Å². The normalized spacial score (nSPS) is 19.3. The first kappa shape index (κ1) is 33.4. The number of nitrogens with zero attached hydrogens (tertiary/aromatic N) is 5. The van der Waals surface area contributed by atoms with E-state index < -0.39 is 23.6 Å². The van der Waals surface area contributed by atoms with E-state index in [0.29, 0.717) is 35.1 Å². The molecule has 3 fully saturated rings. The number of alkyl halides is 3. The molecule has 1 amide bonds. The van der Waals surface area contributed by atoms with E-state index in [4.69, 9.17) is 9.57 Å². The molecule has 0 aliphatic carbocycles. The highest BCUT2D eigenvalue weighted by Crippen LogP contribution is 2.42. The SMILES string of the molecule is C=CC(=O)Nc1cc(Nc2cc(N3OCC[C@@H]3c3cccc(C(F)(F)F)c3F)ncn2)c(OC)cc1N1CCC(N2CCNCC2)CC1. The van der Waals surface area contributed by atoms with E-state index in [2.05, 4.69) is 42.3 Å². The van der Waals surface area contributed by atoms with Crippen molar-refractivity contribution in [1.29, 1.82) is 0 Å². The fourth-order valence-corrected chi connectivity index (χ4v) is 6.58. The second-order valence-corrected chi connectivity index (χ2v) is 11.8. The van der Waals surface area contributed by atoms with Crippen molar-refractivity contribution in [3.63, 3.8) is 0 Å². The Morgan fingerprint density at radius 1 is 1.08 bits per heavy atom. The lowest BCUT2D eigenvalue weighted by atomic mass is 10.0. The molecule has 3 aliphatic heterocycles. The number of amides is 1. The number of rotatable bonds is 9. The fraction of sp³-hybridized carbons (Fsp3) is 0.424. The van der Waals surface area contributed by atoms with Crippen LogP contribution in [0.2, 0.25) is 0 Å². The molecular formula is C33H38F4N8O3. The fourth-order valence-electron chi connectivity index (χ4n) is 6.58. The van der Waals surface area contributed by atoms with Crippen molar-refractivity contribution in [3.05, 3.63) is 72.3 Å². The first-order valence-electron chi connectivity index (χ1n) is 15.9. The van der Waals surface area contributed by atoms with Crippen molar-refractivity contribution in [1.82, 2.24) is 20.2 Å². The molecule has 2 aromatic carbocycles. The number of halogens is 4. The molecule has 3 aliphatic rings. The van der Waals surface area contributed by atoms with Gasteiger partial charge in [-0.05, 0) is 31.1 Å². The van der Waals surface area contributed by atoms with Gasteiger partial charge in [-0.15, -0.1) is 0 Å². The van der Waals surface area contributed by atoms with Gasteiger partial charge in [-0.3, -0.25) is 14.5 Å². The van der Waals surface area contributed by atoms with Crippen molar-refractivity contribution in [2.75, 3.05) is 73.6 Å². The van der Waals surface area contributed by atoms with Gasteiger partial charge in [-0.25, -0.2) is 19.4 Å². The molecule has 3 aromatic rings. The average Bonchev–Trinajstić information content (AvgIpc) is 3.58. The number of hydroxylamine groups is 1. The Morgan fingerprint density at radius 2 is 1.85 bits per heavy atom. The zero-order chi connectivity index (χ0) is 33.8. The maximum absolute atomic E-state index is 15.1. The Labute approximate surface area is 275 Å². The van der Waals surface area contributed by atoms with Gasteiger partial charge >= 0.3 is 6.18 Å². The summed E-state index contributed by atoms with van der Waals surface area (Å²) in [5.74, 6) is -0.693. The van der Waals surface area contributed by atoms with Crippen molar-refractivity contribution < 1.29 is 31.9 Å². The molecule has 3 N–H and O–H groups in total. The van der Waals surface area contributed by atoms with Gasteiger partial charge < -0.3 is 25.6 Å². The molecule has 0 spiro atoms. The second-order valence-electron chi connectivity index (χ2n) is 11.8. The second kappa shape index (κ2) is 14.3. The number of carbonyl (C=O) groups is 1. The number of hydrogen-bond donors (Lipinski definition) is 3. The Hall–Kier alpha value is -4.47. The van der Waals surface area contributed by atoms with Crippen LogP contribution in [-0.4, -0.2) is 79.8 Å². The van der Waals surface area contributed by atoms with Gasteiger partial charge in [-0.1, -0.05) is 18.7 Å². The number of methoxy groups -OCH3 is 1. The lowest BCUT2D eigenvalue weighted by Crippen LogP contribution is -2.52. The van der Waals surface area contributed by atoms with E-state index >= 15 is 4.39 Å². The minimum absolute atomic E-state index is 0.146. The molecule has 0 unspecified atom stereocenters. The summed E-state index contributed by atoms with van der Waals surface area (Å²) >= 11 is 0. The molecular weight excluding hydrogens is 632 g/mol. The zero-order valence-electron chi connectivity index (χ0n) is 26.5. The zero-order valence-corrected chi connectivity index (χ0v) is 26.5. The summed E-state index contributed by atoms with van der Waals surface area (Å²) in [6, 6.07) is 8.03. The van der Waals surface area contributed by atoms with Crippen LogP contribution in [-0.2, 0) is 15.8 Å². The molecule has 15 heteroatoms. The number of piperazine rings is 1. The van der Waals surface area contributed by atoms with Gasteiger partial charge in [-0.2, -0.15) is 13.2 Å². The summed E-state index contributed by atoms with van der Waals surface area (Å²) < 4.78 is 61.1. The third kappa shape index (κ3) is 7.17. The smallest absolute Gasteiger partial charge is 0.419 e. The number of ether oxygens (including phenoxy) is 1. The lowest BCUT2D eigenvalue weighted by molar-refractivity contribution is -0.140. The van der Waals surface area contributed by atoms with Crippen LogP contribution in [0.3, 0.4) is 0 Å². The van der Waals surface area contributed by atoms with Gasteiger partial charge in [0.1, 0.15) is 23.7 Å². The van der Waals surface area contributed by atoms with E-state index in [9.17, 15) is 18.0 Å². The molecule has 0 saturated carbocycles. The van der Waals surface area contributed by atoms with Gasteiger partial charge in [0.15, 0.2) is 5.82 Å². The monoisotopic (exact) mass is 670 g/mol. The van der Waals surface area contributed by atoms with E-state index in [0.717, 1.165) is 57.8 Å². The van der Waals surface area contributed by atoms with E-state index in [-0.39, 0.29) is 30.3 Å². The van der Waals surface area contributed by atoms with E-state index in [1.165, 1.54) is 29.6 Å². The number of benzene rings is 2. The van der Waals surface area contributed by atoms with E-state index in [1.807, 2.05) is 6.07 Å². The van der Waals surface area contributed by atoms with Gasteiger partial charge in [0, 0.05) is 69.4 Å². The molecule has 11 nitrogen and oxygen atoms in total. The Morgan fingerprint density at radius 3 is 2.56 bits per heavy atom. The minimum Gasteiger partial charge on any atom is -0.494 e. The van der Waals surface area contributed by atoms with Crippen LogP contribution in [0.5, 0.6) is 5.75 Å². The molecule has 0 bridgehead atoms. The van der Waals surface area contributed by atoms with Crippen LogP contribution >= 0.6 is 0 Å². The number of nitrogens with one attached hydrogen (secondary N) is 3. The van der Waals surface area contributed by atoms with Gasteiger partial charge in [0.2, 0.25) is 5.91 Å². The summed E-state index contributed by atoms with van der Waals surface area (Å²) in [6.45, 7) is 9.43. The van der Waals surface area contributed by atoms with Gasteiger partial charge in [0.25, 0.3) is 0 Å². The van der Waals surface area contributed by atoms with Crippen molar-refractivity contribution in [2.45, 2.75) is 37.5 Å². The Bertz CT molecular complexity index is 1630. The molecule has 6 rings (SSSR count). The molecule has 4 heterocycles. The first-order chi connectivity index (χ1) is 23.2.